The number of benzene rings is 1. The van der Waals surface area contributed by atoms with Gasteiger partial charge in [-0.1, -0.05) is 34.8 Å². The molecule has 1 aliphatic rings. The Balaban J connectivity index is 0.00000180. The first-order valence-electron chi connectivity index (χ1n) is 6.02. The maximum Gasteiger partial charge on any atom is 0.156 e. The van der Waals surface area contributed by atoms with Gasteiger partial charge in [-0.25, -0.2) is 0 Å². The smallest absolute Gasteiger partial charge is 0.156 e. The van der Waals surface area contributed by atoms with Crippen LogP contribution in [0.4, 0.5) is 0 Å². The van der Waals surface area contributed by atoms with Crippen molar-refractivity contribution in [3.8, 4) is 5.75 Å². The zero-order valence-corrected chi connectivity index (χ0v) is 13.7. The number of hydrogen-bond acceptors (Lipinski definition) is 2. The first kappa shape index (κ1) is 17.2. The van der Waals surface area contributed by atoms with E-state index >= 15 is 0 Å². The molecule has 0 radical (unpaired) electrons. The number of rotatable bonds is 3. The molecular formula is C13H17Cl4NO. The quantitative estimate of drug-likeness (QED) is 0.781. The molecule has 0 aliphatic carbocycles. The molecule has 1 heterocycles. The Morgan fingerprint density at radius 3 is 2.47 bits per heavy atom. The SMILES string of the molecule is CN1CCCC(COc2c(Cl)cc(Cl)cc2Cl)C1.Cl. The third-order valence-electron chi connectivity index (χ3n) is 3.15. The second-order valence-electron chi connectivity index (χ2n) is 4.78. The second-order valence-corrected chi connectivity index (χ2v) is 6.03. The van der Waals surface area contributed by atoms with Gasteiger partial charge in [-0.15, -0.1) is 12.4 Å². The summed E-state index contributed by atoms with van der Waals surface area (Å²) < 4.78 is 5.76. The maximum atomic E-state index is 6.08. The van der Waals surface area contributed by atoms with Gasteiger partial charge in [0.1, 0.15) is 0 Å². The van der Waals surface area contributed by atoms with Crippen LogP contribution in [-0.4, -0.2) is 31.6 Å². The summed E-state index contributed by atoms with van der Waals surface area (Å²) in [4.78, 5) is 2.32. The highest BCUT2D eigenvalue weighted by atomic mass is 35.5. The molecule has 19 heavy (non-hydrogen) atoms. The molecule has 0 amide bonds. The van der Waals surface area contributed by atoms with E-state index in [1.165, 1.54) is 19.4 Å². The minimum absolute atomic E-state index is 0. The number of halogens is 4. The molecule has 1 aromatic rings. The van der Waals surface area contributed by atoms with Crippen LogP contribution in [0.5, 0.6) is 5.75 Å². The van der Waals surface area contributed by atoms with Gasteiger partial charge in [0.2, 0.25) is 0 Å². The number of ether oxygens (including phenoxy) is 1. The first-order valence-corrected chi connectivity index (χ1v) is 7.15. The summed E-state index contributed by atoms with van der Waals surface area (Å²) in [7, 11) is 2.13. The monoisotopic (exact) mass is 343 g/mol. The van der Waals surface area contributed by atoms with E-state index < -0.39 is 0 Å². The van der Waals surface area contributed by atoms with Gasteiger partial charge in [0, 0.05) is 17.5 Å². The highest BCUT2D eigenvalue weighted by Gasteiger charge is 2.19. The number of hydrogen-bond donors (Lipinski definition) is 0. The summed E-state index contributed by atoms with van der Waals surface area (Å²) in [6, 6.07) is 3.30. The summed E-state index contributed by atoms with van der Waals surface area (Å²) in [6.07, 6.45) is 2.40. The third kappa shape index (κ3) is 4.87. The van der Waals surface area contributed by atoms with E-state index in [9.17, 15) is 0 Å². The Morgan fingerprint density at radius 2 is 1.89 bits per heavy atom. The van der Waals surface area contributed by atoms with Crippen LogP contribution in [0, 0.1) is 5.92 Å². The van der Waals surface area contributed by atoms with Crippen molar-refractivity contribution in [2.45, 2.75) is 12.8 Å². The van der Waals surface area contributed by atoms with Gasteiger partial charge in [-0.3, -0.25) is 0 Å². The molecule has 1 fully saturated rings. The van der Waals surface area contributed by atoms with Gasteiger partial charge < -0.3 is 9.64 Å². The number of nitrogens with zero attached hydrogens (tertiary/aromatic N) is 1. The standard InChI is InChI=1S/C13H16Cl3NO.ClH/c1-17-4-2-3-9(7-17)8-18-13-11(15)5-10(14)6-12(13)16;/h5-6,9H,2-4,7-8H2,1H3;1H. The Labute approximate surface area is 135 Å². The van der Waals surface area contributed by atoms with Crippen LogP contribution in [0.1, 0.15) is 12.8 Å². The molecule has 1 aromatic carbocycles. The second kappa shape index (κ2) is 7.80. The molecule has 2 nitrogen and oxygen atoms in total. The minimum Gasteiger partial charge on any atom is -0.490 e. The van der Waals surface area contributed by atoms with Crippen LogP contribution in [0.25, 0.3) is 0 Å². The molecule has 6 heteroatoms. The molecule has 1 unspecified atom stereocenters. The molecule has 0 spiro atoms. The van der Waals surface area contributed by atoms with Crippen molar-refractivity contribution >= 4 is 47.2 Å². The molecule has 1 aliphatic heterocycles. The fourth-order valence-corrected chi connectivity index (χ4v) is 3.20. The van der Waals surface area contributed by atoms with Crippen LogP contribution >= 0.6 is 47.2 Å². The van der Waals surface area contributed by atoms with Crippen LogP contribution in [0.15, 0.2) is 12.1 Å². The predicted octanol–water partition coefficient (Wildman–Crippen LogP) is 4.79. The number of likely N-dealkylation sites (tertiary alicyclic amines) is 1. The van der Waals surface area contributed by atoms with Crippen molar-refractivity contribution in [2.75, 3.05) is 26.7 Å². The van der Waals surface area contributed by atoms with E-state index in [0.717, 1.165) is 6.54 Å². The zero-order chi connectivity index (χ0) is 13.1. The molecule has 108 valence electrons. The van der Waals surface area contributed by atoms with E-state index in [4.69, 9.17) is 39.5 Å². The van der Waals surface area contributed by atoms with Crippen molar-refractivity contribution in [1.82, 2.24) is 4.90 Å². The van der Waals surface area contributed by atoms with Crippen molar-refractivity contribution in [2.24, 2.45) is 5.92 Å². The van der Waals surface area contributed by atoms with E-state index in [1.807, 2.05) is 0 Å². The van der Waals surface area contributed by atoms with Gasteiger partial charge in [0.25, 0.3) is 0 Å². The average Bonchev–Trinajstić information content (AvgIpc) is 2.27. The van der Waals surface area contributed by atoms with Crippen LogP contribution < -0.4 is 4.74 Å². The summed E-state index contributed by atoms with van der Waals surface area (Å²) >= 11 is 18.0. The van der Waals surface area contributed by atoms with Crippen LogP contribution in [0.2, 0.25) is 15.1 Å². The molecular weight excluding hydrogens is 328 g/mol. The number of piperidine rings is 1. The Kier molecular flexibility index (Phi) is 7.06. The van der Waals surface area contributed by atoms with E-state index in [2.05, 4.69) is 11.9 Å². The molecule has 1 atom stereocenters. The van der Waals surface area contributed by atoms with E-state index in [0.29, 0.717) is 33.3 Å². The van der Waals surface area contributed by atoms with Gasteiger partial charge in [-0.05, 0) is 38.6 Å². The van der Waals surface area contributed by atoms with E-state index in [1.54, 1.807) is 12.1 Å². The molecule has 0 saturated carbocycles. The zero-order valence-electron chi connectivity index (χ0n) is 10.7. The summed E-state index contributed by atoms with van der Waals surface area (Å²) in [5.74, 6) is 1.07. The lowest BCUT2D eigenvalue weighted by Gasteiger charge is -2.29. The fourth-order valence-electron chi connectivity index (χ4n) is 2.28. The lowest BCUT2D eigenvalue weighted by atomic mass is 10.00. The Hall–Kier alpha value is 0.140. The van der Waals surface area contributed by atoms with E-state index in [-0.39, 0.29) is 12.4 Å². The third-order valence-corrected chi connectivity index (χ3v) is 3.93. The molecule has 0 bridgehead atoms. The van der Waals surface area contributed by atoms with Crippen LogP contribution in [-0.2, 0) is 0 Å². The highest BCUT2D eigenvalue weighted by molar-refractivity contribution is 6.40. The van der Waals surface area contributed by atoms with Gasteiger partial charge in [0.15, 0.2) is 5.75 Å². The average molecular weight is 345 g/mol. The molecule has 2 rings (SSSR count). The highest BCUT2D eigenvalue weighted by Crippen LogP contribution is 2.36. The summed E-state index contributed by atoms with van der Waals surface area (Å²) in [6.45, 7) is 2.87. The fraction of sp³-hybridized carbons (Fsp3) is 0.538. The minimum atomic E-state index is 0. The Bertz CT molecular complexity index is 404. The largest absolute Gasteiger partial charge is 0.490 e. The predicted molar refractivity (Wildman–Crippen MR) is 84.4 cm³/mol. The van der Waals surface area contributed by atoms with Gasteiger partial charge >= 0.3 is 0 Å². The van der Waals surface area contributed by atoms with Crippen molar-refractivity contribution in [3.63, 3.8) is 0 Å². The summed E-state index contributed by atoms with van der Waals surface area (Å²) in [5, 5.41) is 1.46. The Morgan fingerprint density at radius 1 is 1.26 bits per heavy atom. The van der Waals surface area contributed by atoms with Crippen molar-refractivity contribution in [1.29, 1.82) is 0 Å². The van der Waals surface area contributed by atoms with Crippen molar-refractivity contribution in [3.05, 3.63) is 27.2 Å². The van der Waals surface area contributed by atoms with Crippen LogP contribution in [0.3, 0.4) is 0 Å². The topological polar surface area (TPSA) is 12.5 Å². The molecule has 1 saturated heterocycles. The molecule has 0 aromatic heterocycles. The maximum absolute atomic E-state index is 6.08. The first-order chi connectivity index (χ1) is 8.56. The van der Waals surface area contributed by atoms with Crippen molar-refractivity contribution < 1.29 is 4.74 Å². The van der Waals surface area contributed by atoms with Gasteiger partial charge in [-0.2, -0.15) is 0 Å². The lowest BCUT2D eigenvalue weighted by molar-refractivity contribution is 0.150. The normalized spacial score (nSPS) is 19.9. The molecule has 0 N–H and O–H groups in total. The van der Waals surface area contributed by atoms with Gasteiger partial charge in [0.05, 0.1) is 16.7 Å². The lowest BCUT2D eigenvalue weighted by Crippen LogP contribution is -2.34. The summed E-state index contributed by atoms with van der Waals surface area (Å²) in [5.41, 5.74) is 0.